The van der Waals surface area contributed by atoms with E-state index in [0.717, 1.165) is 24.3 Å². The molecule has 1 amide bonds. The first-order valence-electron chi connectivity index (χ1n) is 8.49. The summed E-state index contributed by atoms with van der Waals surface area (Å²) in [5, 5.41) is 10.7. The van der Waals surface area contributed by atoms with E-state index in [9.17, 15) is 4.79 Å². The Kier molecular flexibility index (Phi) is 5.48. The van der Waals surface area contributed by atoms with Gasteiger partial charge in [0.05, 0.1) is 12.5 Å². The van der Waals surface area contributed by atoms with Crippen molar-refractivity contribution in [3.8, 4) is 11.5 Å². The Balaban J connectivity index is 1.59. The summed E-state index contributed by atoms with van der Waals surface area (Å²) in [7, 11) is 0. The van der Waals surface area contributed by atoms with E-state index < -0.39 is 5.91 Å². The number of hydrogen-bond donors (Lipinski definition) is 2. The lowest BCUT2D eigenvalue weighted by Crippen LogP contribution is -2.21. The van der Waals surface area contributed by atoms with Crippen LogP contribution in [0.2, 0.25) is 0 Å². The quantitative estimate of drug-likeness (QED) is 0.505. The first-order chi connectivity index (χ1) is 12.7. The van der Waals surface area contributed by atoms with Crippen LogP contribution in [0.25, 0.3) is 11.5 Å². The third-order valence-corrected chi connectivity index (χ3v) is 4.00. The Morgan fingerprint density at radius 2 is 2.04 bits per heavy atom. The minimum Gasteiger partial charge on any atom is -0.463 e. The third-order valence-electron chi connectivity index (χ3n) is 4.00. The van der Waals surface area contributed by atoms with E-state index in [1.807, 2.05) is 24.3 Å². The van der Waals surface area contributed by atoms with Crippen LogP contribution < -0.4 is 10.3 Å². The Morgan fingerprint density at radius 1 is 1.27 bits per heavy atom. The maximum absolute atomic E-state index is 12.1. The second kappa shape index (κ2) is 8.15. The fourth-order valence-electron chi connectivity index (χ4n) is 2.58. The monoisotopic (exact) mass is 351 g/mol. The van der Waals surface area contributed by atoms with Crippen LogP contribution in [-0.4, -0.2) is 35.4 Å². The molecule has 0 fully saturated rings. The second-order valence-electron chi connectivity index (χ2n) is 5.61. The van der Waals surface area contributed by atoms with E-state index >= 15 is 0 Å². The molecule has 0 saturated carbocycles. The molecule has 7 heteroatoms. The number of aromatic amines is 1. The Labute approximate surface area is 151 Å². The summed E-state index contributed by atoms with van der Waals surface area (Å²) >= 11 is 0. The van der Waals surface area contributed by atoms with Gasteiger partial charge in [0, 0.05) is 24.8 Å². The molecule has 0 unspecified atom stereocenters. The van der Waals surface area contributed by atoms with Crippen LogP contribution in [0.3, 0.4) is 0 Å². The lowest BCUT2D eigenvalue weighted by Gasteiger charge is -2.20. The molecule has 0 atom stereocenters. The summed E-state index contributed by atoms with van der Waals surface area (Å²) in [5.74, 6) is 0.225. The molecule has 26 heavy (non-hydrogen) atoms. The number of H-pyrrole nitrogens is 1. The van der Waals surface area contributed by atoms with Crippen LogP contribution in [0.4, 0.5) is 5.69 Å². The highest BCUT2D eigenvalue weighted by molar-refractivity contribution is 5.94. The average molecular weight is 351 g/mol. The van der Waals surface area contributed by atoms with Crippen molar-refractivity contribution in [1.29, 1.82) is 0 Å². The molecule has 0 aliphatic carbocycles. The molecule has 0 radical (unpaired) electrons. The molecular weight excluding hydrogens is 330 g/mol. The molecule has 0 aliphatic rings. The maximum atomic E-state index is 12.1. The number of benzene rings is 1. The maximum Gasteiger partial charge on any atom is 0.291 e. The van der Waals surface area contributed by atoms with E-state index in [1.165, 1.54) is 0 Å². The van der Waals surface area contributed by atoms with Crippen molar-refractivity contribution in [3.63, 3.8) is 0 Å². The van der Waals surface area contributed by atoms with Crippen LogP contribution in [0.1, 0.15) is 29.9 Å². The van der Waals surface area contributed by atoms with Gasteiger partial charge in [-0.3, -0.25) is 9.89 Å². The van der Waals surface area contributed by atoms with Crippen LogP contribution in [0, 0.1) is 0 Å². The van der Waals surface area contributed by atoms with Crippen molar-refractivity contribution >= 4 is 17.8 Å². The largest absolute Gasteiger partial charge is 0.463 e. The zero-order valence-electron chi connectivity index (χ0n) is 14.8. The summed E-state index contributed by atoms with van der Waals surface area (Å²) in [6, 6.07) is 13.2. The number of nitrogens with one attached hydrogen (secondary N) is 2. The van der Waals surface area contributed by atoms with Gasteiger partial charge in [-0.1, -0.05) is 12.1 Å². The number of anilines is 1. The topological polar surface area (TPSA) is 86.5 Å². The van der Waals surface area contributed by atoms with Gasteiger partial charge in [-0.05, 0) is 43.7 Å². The van der Waals surface area contributed by atoms with Crippen LogP contribution >= 0.6 is 0 Å². The summed E-state index contributed by atoms with van der Waals surface area (Å²) in [5.41, 5.74) is 5.42. The summed E-state index contributed by atoms with van der Waals surface area (Å²) in [4.78, 5) is 14.4. The molecule has 1 aromatic carbocycles. The van der Waals surface area contributed by atoms with Crippen LogP contribution in [0.5, 0.6) is 0 Å². The SMILES string of the molecule is CCN(CC)c1ccc(/C=N/NC(=O)c2cc(-c3ccco3)[nH]n2)cc1. The zero-order valence-corrected chi connectivity index (χ0v) is 14.8. The van der Waals surface area contributed by atoms with Gasteiger partial charge in [-0.2, -0.15) is 10.2 Å². The number of rotatable bonds is 7. The lowest BCUT2D eigenvalue weighted by molar-refractivity contribution is 0.0950. The fourth-order valence-corrected chi connectivity index (χ4v) is 2.58. The molecular formula is C19H21N5O2. The zero-order chi connectivity index (χ0) is 18.4. The summed E-state index contributed by atoms with van der Waals surface area (Å²) in [6.07, 6.45) is 3.16. The number of hydrazone groups is 1. The fraction of sp³-hybridized carbons (Fsp3) is 0.211. The molecule has 0 spiro atoms. The van der Waals surface area contributed by atoms with E-state index in [-0.39, 0.29) is 5.69 Å². The van der Waals surface area contributed by atoms with E-state index in [4.69, 9.17) is 4.42 Å². The molecule has 3 rings (SSSR count). The summed E-state index contributed by atoms with van der Waals surface area (Å²) in [6.45, 7) is 6.18. The Bertz CT molecular complexity index is 862. The molecule has 0 bridgehead atoms. The van der Waals surface area contributed by atoms with E-state index in [1.54, 1.807) is 30.7 Å². The number of carbonyl (C=O) groups excluding carboxylic acids is 1. The molecule has 7 nitrogen and oxygen atoms in total. The van der Waals surface area contributed by atoms with E-state index in [0.29, 0.717) is 11.5 Å². The Morgan fingerprint density at radius 3 is 2.69 bits per heavy atom. The standard InChI is InChI=1S/C19H21N5O2/c1-3-24(4-2)15-9-7-14(8-10-15)13-20-23-19(25)17-12-16(21-22-17)18-6-5-11-26-18/h5-13H,3-4H2,1-2H3,(H,21,22)(H,23,25)/b20-13+. The molecule has 0 aliphatic heterocycles. The highest BCUT2D eigenvalue weighted by Crippen LogP contribution is 2.17. The minimum atomic E-state index is -0.393. The van der Waals surface area contributed by atoms with E-state index in [2.05, 4.69) is 39.5 Å². The molecule has 2 N–H and O–H groups in total. The number of carbonyl (C=O) groups is 1. The van der Waals surface area contributed by atoms with Gasteiger partial charge in [-0.15, -0.1) is 0 Å². The van der Waals surface area contributed by atoms with Crippen molar-refractivity contribution in [3.05, 3.63) is 60.0 Å². The first-order valence-corrected chi connectivity index (χ1v) is 8.49. The predicted molar refractivity (Wildman–Crippen MR) is 101 cm³/mol. The minimum absolute atomic E-state index is 0.241. The lowest BCUT2D eigenvalue weighted by atomic mass is 10.2. The smallest absolute Gasteiger partial charge is 0.291 e. The van der Waals surface area contributed by atoms with Gasteiger partial charge in [0.2, 0.25) is 0 Å². The molecule has 3 aromatic rings. The highest BCUT2D eigenvalue weighted by Gasteiger charge is 2.11. The number of amides is 1. The van der Waals surface area contributed by atoms with Gasteiger partial charge in [-0.25, -0.2) is 5.43 Å². The van der Waals surface area contributed by atoms with Gasteiger partial charge < -0.3 is 9.32 Å². The van der Waals surface area contributed by atoms with Crippen molar-refractivity contribution in [2.45, 2.75) is 13.8 Å². The van der Waals surface area contributed by atoms with Crippen LogP contribution in [0.15, 0.2) is 58.2 Å². The molecule has 134 valence electrons. The predicted octanol–water partition coefficient (Wildman–Crippen LogP) is 3.28. The number of nitrogens with zero attached hydrogens (tertiary/aromatic N) is 3. The van der Waals surface area contributed by atoms with Crippen LogP contribution in [-0.2, 0) is 0 Å². The molecule has 2 aromatic heterocycles. The number of aromatic nitrogens is 2. The summed E-state index contributed by atoms with van der Waals surface area (Å²) < 4.78 is 5.26. The van der Waals surface area contributed by atoms with Crippen molar-refractivity contribution in [2.24, 2.45) is 5.10 Å². The average Bonchev–Trinajstić information content (AvgIpc) is 3.35. The second-order valence-corrected chi connectivity index (χ2v) is 5.61. The Hall–Kier alpha value is -3.35. The number of hydrogen-bond acceptors (Lipinski definition) is 5. The third kappa shape index (κ3) is 4.00. The van der Waals surface area contributed by atoms with Gasteiger partial charge >= 0.3 is 0 Å². The first kappa shape index (κ1) is 17.5. The molecule has 0 saturated heterocycles. The highest BCUT2D eigenvalue weighted by atomic mass is 16.3. The van der Waals surface area contributed by atoms with Crippen molar-refractivity contribution in [1.82, 2.24) is 15.6 Å². The van der Waals surface area contributed by atoms with Gasteiger partial charge in [0.25, 0.3) is 5.91 Å². The molecule has 2 heterocycles. The van der Waals surface area contributed by atoms with Crippen molar-refractivity contribution in [2.75, 3.05) is 18.0 Å². The van der Waals surface area contributed by atoms with Gasteiger partial charge in [0.15, 0.2) is 11.5 Å². The van der Waals surface area contributed by atoms with Gasteiger partial charge in [0.1, 0.15) is 5.69 Å². The number of furan rings is 1. The van der Waals surface area contributed by atoms with Crippen molar-refractivity contribution < 1.29 is 9.21 Å². The normalized spacial score (nSPS) is 11.0.